The van der Waals surface area contributed by atoms with E-state index in [0.717, 1.165) is 4.68 Å². The Morgan fingerprint density at radius 3 is 2.47 bits per heavy atom. The molecule has 0 saturated heterocycles. The smallest absolute Gasteiger partial charge is 0.352 e. The van der Waals surface area contributed by atoms with Gasteiger partial charge in [0, 0.05) is 24.2 Å². The SMILES string of the molecule is CC(C)CNC(=O)c1ccc2c(=O)n(CC(C)C)c3nn(Cc4ccccc4F)c(=O)n3c2c1. The fourth-order valence-electron chi connectivity index (χ4n) is 3.88. The first-order valence-electron chi connectivity index (χ1n) is 11.3. The number of amides is 1. The fourth-order valence-corrected chi connectivity index (χ4v) is 3.88. The summed E-state index contributed by atoms with van der Waals surface area (Å²) in [5.41, 5.74) is 0.129. The second kappa shape index (κ2) is 9.24. The molecule has 178 valence electrons. The molecule has 0 spiro atoms. The van der Waals surface area contributed by atoms with Gasteiger partial charge < -0.3 is 5.32 Å². The van der Waals surface area contributed by atoms with Crippen LogP contribution in [0.15, 0.2) is 52.1 Å². The van der Waals surface area contributed by atoms with Crippen molar-refractivity contribution < 1.29 is 9.18 Å². The summed E-state index contributed by atoms with van der Waals surface area (Å²) in [4.78, 5) is 39.4. The third-order valence-corrected chi connectivity index (χ3v) is 5.54. The molecule has 4 rings (SSSR count). The molecule has 2 aromatic heterocycles. The van der Waals surface area contributed by atoms with E-state index in [0.29, 0.717) is 35.1 Å². The minimum absolute atomic E-state index is 0.0842. The van der Waals surface area contributed by atoms with Crippen LogP contribution in [0.25, 0.3) is 16.7 Å². The molecule has 1 amide bonds. The maximum Gasteiger partial charge on any atom is 0.352 e. The van der Waals surface area contributed by atoms with Gasteiger partial charge in [0.25, 0.3) is 11.5 Å². The summed E-state index contributed by atoms with van der Waals surface area (Å²) in [6.45, 7) is 8.68. The minimum Gasteiger partial charge on any atom is -0.352 e. The summed E-state index contributed by atoms with van der Waals surface area (Å²) >= 11 is 0. The van der Waals surface area contributed by atoms with Crippen LogP contribution in [-0.2, 0) is 13.1 Å². The molecular formula is C25H28FN5O3. The molecule has 0 unspecified atom stereocenters. The summed E-state index contributed by atoms with van der Waals surface area (Å²) in [6.07, 6.45) is 0. The summed E-state index contributed by atoms with van der Waals surface area (Å²) in [5, 5.41) is 7.57. The summed E-state index contributed by atoms with van der Waals surface area (Å²) < 4.78 is 18.2. The van der Waals surface area contributed by atoms with Crippen LogP contribution in [0.2, 0.25) is 0 Å². The average molecular weight is 466 g/mol. The highest BCUT2D eigenvalue weighted by Crippen LogP contribution is 2.16. The normalized spacial score (nSPS) is 11.7. The van der Waals surface area contributed by atoms with Crippen LogP contribution in [-0.4, -0.2) is 31.2 Å². The Kier molecular flexibility index (Phi) is 6.37. The van der Waals surface area contributed by atoms with Crippen molar-refractivity contribution in [3.05, 3.63) is 80.2 Å². The molecule has 1 N–H and O–H groups in total. The Morgan fingerprint density at radius 2 is 1.79 bits per heavy atom. The van der Waals surface area contributed by atoms with Gasteiger partial charge in [0.1, 0.15) is 5.82 Å². The molecule has 9 heteroatoms. The van der Waals surface area contributed by atoms with Gasteiger partial charge in [0.15, 0.2) is 0 Å². The Hall–Kier alpha value is -3.75. The second-order valence-corrected chi connectivity index (χ2v) is 9.31. The molecule has 2 aromatic carbocycles. The van der Waals surface area contributed by atoms with E-state index in [-0.39, 0.29) is 35.6 Å². The number of hydrogen-bond acceptors (Lipinski definition) is 4. The van der Waals surface area contributed by atoms with E-state index in [1.165, 1.54) is 21.1 Å². The third kappa shape index (κ3) is 4.37. The fraction of sp³-hybridized carbons (Fsp3) is 0.360. The van der Waals surface area contributed by atoms with E-state index in [9.17, 15) is 18.8 Å². The first-order chi connectivity index (χ1) is 16.2. The topological polar surface area (TPSA) is 90.4 Å². The Morgan fingerprint density at radius 1 is 1.06 bits per heavy atom. The summed E-state index contributed by atoms with van der Waals surface area (Å²) in [5.74, 6) is -0.181. The lowest BCUT2D eigenvalue weighted by Gasteiger charge is -2.13. The quantitative estimate of drug-likeness (QED) is 0.454. The van der Waals surface area contributed by atoms with Gasteiger partial charge in [-0.2, -0.15) is 0 Å². The molecule has 0 bridgehead atoms. The second-order valence-electron chi connectivity index (χ2n) is 9.31. The number of halogens is 1. The largest absolute Gasteiger partial charge is 0.352 e. The molecule has 0 radical (unpaired) electrons. The molecule has 0 aliphatic rings. The number of aromatic nitrogens is 4. The van der Waals surface area contributed by atoms with Crippen LogP contribution in [0.4, 0.5) is 4.39 Å². The van der Waals surface area contributed by atoms with E-state index in [1.807, 2.05) is 27.7 Å². The van der Waals surface area contributed by atoms with Crippen LogP contribution in [0.5, 0.6) is 0 Å². The highest BCUT2D eigenvalue weighted by atomic mass is 19.1. The standard InChI is InChI=1S/C25H28FN5O3/c1-15(2)12-27-22(32)17-9-10-19-21(11-17)31-24(29(23(19)33)13-16(3)4)28-30(25(31)34)14-18-7-5-6-8-20(18)26/h5-11,15-16H,12-14H2,1-4H3,(H,27,32). The first kappa shape index (κ1) is 23.4. The van der Waals surface area contributed by atoms with Crippen molar-refractivity contribution >= 4 is 22.6 Å². The first-order valence-corrected chi connectivity index (χ1v) is 11.3. The van der Waals surface area contributed by atoms with Gasteiger partial charge >= 0.3 is 5.69 Å². The maximum absolute atomic E-state index is 14.3. The number of benzene rings is 2. The van der Waals surface area contributed by atoms with Crippen LogP contribution in [0, 0.1) is 17.7 Å². The van der Waals surface area contributed by atoms with Crippen molar-refractivity contribution in [1.29, 1.82) is 0 Å². The average Bonchev–Trinajstić information content (AvgIpc) is 3.12. The number of nitrogens with one attached hydrogen (secondary N) is 1. The Balaban J connectivity index is 1.95. The molecule has 0 aliphatic carbocycles. The van der Waals surface area contributed by atoms with Crippen molar-refractivity contribution in [2.75, 3.05) is 6.54 Å². The highest BCUT2D eigenvalue weighted by molar-refractivity contribution is 5.98. The van der Waals surface area contributed by atoms with Crippen LogP contribution in [0.1, 0.15) is 43.6 Å². The number of nitrogens with zero attached hydrogens (tertiary/aromatic N) is 4. The van der Waals surface area contributed by atoms with Crippen LogP contribution < -0.4 is 16.6 Å². The number of hydrogen-bond donors (Lipinski definition) is 1. The molecule has 0 fully saturated rings. The Labute approximate surface area is 195 Å². The molecular weight excluding hydrogens is 437 g/mol. The zero-order valence-corrected chi connectivity index (χ0v) is 19.7. The number of fused-ring (bicyclic) bond motifs is 3. The molecule has 0 aliphatic heterocycles. The molecule has 4 aromatic rings. The lowest BCUT2D eigenvalue weighted by atomic mass is 10.1. The highest BCUT2D eigenvalue weighted by Gasteiger charge is 2.20. The Bertz CT molecular complexity index is 1500. The van der Waals surface area contributed by atoms with E-state index in [4.69, 9.17) is 0 Å². The molecule has 2 heterocycles. The monoisotopic (exact) mass is 465 g/mol. The van der Waals surface area contributed by atoms with E-state index in [1.54, 1.807) is 30.3 Å². The summed E-state index contributed by atoms with van der Waals surface area (Å²) in [7, 11) is 0. The predicted octanol–water partition coefficient (Wildman–Crippen LogP) is 3.04. The maximum atomic E-state index is 14.3. The number of rotatable bonds is 7. The summed E-state index contributed by atoms with van der Waals surface area (Å²) in [6, 6.07) is 10.9. The van der Waals surface area contributed by atoms with Crippen molar-refractivity contribution in [1.82, 2.24) is 24.1 Å². The zero-order valence-electron chi connectivity index (χ0n) is 19.7. The van der Waals surface area contributed by atoms with Crippen molar-refractivity contribution in [3.8, 4) is 0 Å². The van der Waals surface area contributed by atoms with Crippen LogP contribution >= 0.6 is 0 Å². The van der Waals surface area contributed by atoms with Gasteiger partial charge in [-0.1, -0.05) is 45.9 Å². The van der Waals surface area contributed by atoms with Crippen molar-refractivity contribution in [3.63, 3.8) is 0 Å². The van der Waals surface area contributed by atoms with Gasteiger partial charge in [0.05, 0.1) is 17.4 Å². The van der Waals surface area contributed by atoms with E-state index in [2.05, 4.69) is 10.4 Å². The lowest BCUT2D eigenvalue weighted by Crippen LogP contribution is -2.29. The molecule has 8 nitrogen and oxygen atoms in total. The minimum atomic E-state index is -0.513. The van der Waals surface area contributed by atoms with Crippen molar-refractivity contribution in [2.45, 2.75) is 40.8 Å². The lowest BCUT2D eigenvalue weighted by molar-refractivity contribution is 0.0949. The number of carbonyl (C=O) groups excluding carboxylic acids is 1. The van der Waals surface area contributed by atoms with E-state index >= 15 is 0 Å². The third-order valence-electron chi connectivity index (χ3n) is 5.54. The van der Waals surface area contributed by atoms with Crippen LogP contribution in [0.3, 0.4) is 0 Å². The van der Waals surface area contributed by atoms with Gasteiger partial charge in [0.2, 0.25) is 5.78 Å². The molecule has 34 heavy (non-hydrogen) atoms. The van der Waals surface area contributed by atoms with Gasteiger partial charge in [-0.3, -0.25) is 14.2 Å². The number of carbonyl (C=O) groups is 1. The zero-order chi connectivity index (χ0) is 24.6. The van der Waals surface area contributed by atoms with Gasteiger partial charge in [-0.15, -0.1) is 5.10 Å². The molecule has 0 atom stereocenters. The predicted molar refractivity (Wildman–Crippen MR) is 129 cm³/mol. The van der Waals surface area contributed by atoms with Gasteiger partial charge in [-0.25, -0.2) is 18.3 Å². The van der Waals surface area contributed by atoms with Gasteiger partial charge in [-0.05, 0) is 36.1 Å². The van der Waals surface area contributed by atoms with Crippen molar-refractivity contribution in [2.24, 2.45) is 11.8 Å². The van der Waals surface area contributed by atoms with E-state index < -0.39 is 11.5 Å². The molecule has 0 saturated carbocycles.